The second-order valence-corrected chi connectivity index (χ2v) is 9.50. The van der Waals surface area contributed by atoms with Gasteiger partial charge in [0, 0.05) is 38.2 Å². The van der Waals surface area contributed by atoms with Crippen LogP contribution in [0.5, 0.6) is 0 Å². The fourth-order valence-corrected chi connectivity index (χ4v) is 5.29. The second-order valence-electron chi connectivity index (χ2n) is 7.56. The highest BCUT2D eigenvalue weighted by Gasteiger charge is 2.29. The molecule has 1 N–H and O–H groups in total. The molecule has 2 aliphatic rings. The smallest absolute Gasteiger partial charge is 0.255 e. The molecule has 1 aromatic heterocycles. The van der Waals surface area contributed by atoms with Crippen LogP contribution in [0.2, 0.25) is 0 Å². The molecule has 1 fully saturated rings. The maximum atomic E-state index is 13.2. The second kappa shape index (κ2) is 7.89. The maximum absolute atomic E-state index is 13.2. The summed E-state index contributed by atoms with van der Waals surface area (Å²) in [6.45, 7) is 6.99. The molecule has 0 amide bonds. The molecule has 0 spiro atoms. The Balaban J connectivity index is 1.59. The summed E-state index contributed by atoms with van der Waals surface area (Å²) in [5, 5.41) is 0. The highest BCUT2D eigenvalue weighted by Crippen LogP contribution is 2.22. The molecule has 1 saturated heterocycles. The fraction of sp³-hybridized carbons (Fsp3) is 0.500. The molecule has 3 heterocycles. The van der Waals surface area contributed by atoms with E-state index in [1.54, 1.807) is 12.1 Å². The molecule has 0 bridgehead atoms. The topological polar surface area (TPSA) is 95.6 Å². The summed E-state index contributed by atoms with van der Waals surface area (Å²) in [6, 6.07) is 5.19. The molecule has 0 atom stereocenters. The number of nitrogens with zero attached hydrogens (tertiary/aromatic N) is 3. The number of aromatic amines is 1. The zero-order valence-electron chi connectivity index (χ0n) is 16.8. The van der Waals surface area contributed by atoms with E-state index in [9.17, 15) is 13.2 Å². The van der Waals surface area contributed by atoms with E-state index in [1.807, 2.05) is 24.8 Å². The summed E-state index contributed by atoms with van der Waals surface area (Å²) in [5.41, 5.74) is 3.09. The Morgan fingerprint density at radius 1 is 1.03 bits per heavy atom. The van der Waals surface area contributed by atoms with E-state index in [-0.39, 0.29) is 12.1 Å². The van der Waals surface area contributed by atoms with Crippen LogP contribution in [0, 0.1) is 13.8 Å². The quantitative estimate of drug-likeness (QED) is 0.799. The minimum atomic E-state index is -3.62. The van der Waals surface area contributed by atoms with Crippen molar-refractivity contribution in [2.45, 2.75) is 31.6 Å². The number of morpholine rings is 1. The van der Waals surface area contributed by atoms with Gasteiger partial charge >= 0.3 is 0 Å². The number of anilines is 1. The third kappa shape index (κ3) is 3.94. The first-order valence-corrected chi connectivity index (χ1v) is 11.3. The van der Waals surface area contributed by atoms with Gasteiger partial charge in [-0.15, -0.1) is 0 Å². The molecule has 0 unspecified atom stereocenters. The predicted octanol–water partition coefficient (Wildman–Crippen LogP) is 1.01. The van der Waals surface area contributed by atoms with Crippen molar-refractivity contribution in [3.63, 3.8) is 0 Å². The van der Waals surface area contributed by atoms with Crippen molar-refractivity contribution < 1.29 is 13.2 Å². The van der Waals surface area contributed by atoms with Gasteiger partial charge in [0.05, 0.1) is 23.8 Å². The van der Waals surface area contributed by atoms with E-state index in [0.29, 0.717) is 67.8 Å². The van der Waals surface area contributed by atoms with Gasteiger partial charge in [-0.3, -0.25) is 9.78 Å². The molecule has 156 valence electrons. The number of nitrogens with one attached hydrogen (secondary N) is 1. The van der Waals surface area contributed by atoms with Crippen molar-refractivity contribution in [2.75, 3.05) is 44.3 Å². The van der Waals surface area contributed by atoms with Crippen molar-refractivity contribution in [1.82, 2.24) is 14.3 Å². The SMILES string of the molecule is Cc1ccc(S(=O)(=O)N2CCc3nc(N4CCOCC4)[nH]c(=O)c3CC2)cc1C. The Bertz CT molecular complexity index is 1070. The van der Waals surface area contributed by atoms with E-state index < -0.39 is 10.0 Å². The summed E-state index contributed by atoms with van der Waals surface area (Å²) >= 11 is 0. The number of sulfonamides is 1. The lowest BCUT2D eigenvalue weighted by Gasteiger charge is -2.27. The van der Waals surface area contributed by atoms with Crippen LogP contribution in [0.1, 0.15) is 22.4 Å². The van der Waals surface area contributed by atoms with E-state index in [2.05, 4.69) is 9.97 Å². The third-order valence-electron chi connectivity index (χ3n) is 5.72. The van der Waals surface area contributed by atoms with Crippen LogP contribution in [0.25, 0.3) is 0 Å². The summed E-state index contributed by atoms with van der Waals surface area (Å²) in [5.74, 6) is 0.544. The molecule has 29 heavy (non-hydrogen) atoms. The monoisotopic (exact) mass is 418 g/mol. The van der Waals surface area contributed by atoms with Gasteiger partial charge < -0.3 is 9.64 Å². The van der Waals surface area contributed by atoms with E-state index >= 15 is 0 Å². The number of rotatable bonds is 3. The number of fused-ring (bicyclic) bond motifs is 1. The number of hydrogen-bond donors (Lipinski definition) is 1. The largest absolute Gasteiger partial charge is 0.378 e. The highest BCUT2D eigenvalue weighted by molar-refractivity contribution is 7.89. The molecule has 2 aromatic rings. The van der Waals surface area contributed by atoms with Crippen LogP contribution >= 0.6 is 0 Å². The van der Waals surface area contributed by atoms with E-state index in [0.717, 1.165) is 11.1 Å². The van der Waals surface area contributed by atoms with Crippen molar-refractivity contribution in [2.24, 2.45) is 0 Å². The van der Waals surface area contributed by atoms with Crippen molar-refractivity contribution in [3.8, 4) is 0 Å². The van der Waals surface area contributed by atoms with E-state index in [4.69, 9.17) is 4.74 Å². The summed E-state index contributed by atoms with van der Waals surface area (Å²) in [7, 11) is -3.62. The van der Waals surface area contributed by atoms with E-state index in [1.165, 1.54) is 4.31 Å². The fourth-order valence-electron chi connectivity index (χ4n) is 3.76. The van der Waals surface area contributed by atoms with Gasteiger partial charge in [0.2, 0.25) is 16.0 Å². The number of hydrogen-bond acceptors (Lipinski definition) is 6. The first-order chi connectivity index (χ1) is 13.9. The number of H-pyrrole nitrogens is 1. The lowest BCUT2D eigenvalue weighted by atomic mass is 10.1. The minimum absolute atomic E-state index is 0.179. The van der Waals surface area contributed by atoms with Crippen LogP contribution < -0.4 is 10.5 Å². The first-order valence-electron chi connectivity index (χ1n) is 9.88. The molecule has 0 saturated carbocycles. The average Bonchev–Trinajstić information content (AvgIpc) is 2.94. The van der Waals surface area contributed by atoms with Crippen molar-refractivity contribution in [1.29, 1.82) is 0 Å². The van der Waals surface area contributed by atoms with Crippen LogP contribution in [-0.2, 0) is 27.6 Å². The van der Waals surface area contributed by atoms with Gasteiger partial charge in [-0.25, -0.2) is 13.4 Å². The minimum Gasteiger partial charge on any atom is -0.378 e. The highest BCUT2D eigenvalue weighted by atomic mass is 32.2. The van der Waals surface area contributed by atoms with Gasteiger partial charge in [0.25, 0.3) is 5.56 Å². The molecule has 0 aliphatic carbocycles. The van der Waals surface area contributed by atoms with Crippen LogP contribution in [0.4, 0.5) is 5.95 Å². The summed E-state index contributed by atoms with van der Waals surface area (Å²) < 4.78 is 33.1. The molecule has 1 aromatic carbocycles. The molecule has 0 radical (unpaired) electrons. The standard InChI is InChI=1S/C20H26N4O4S/c1-14-3-4-16(13-15(14)2)29(26,27)24-7-5-17-18(6-8-24)21-20(22-19(17)25)23-9-11-28-12-10-23/h3-4,13H,5-12H2,1-2H3,(H,21,22,25). The zero-order valence-corrected chi connectivity index (χ0v) is 17.6. The first kappa shape index (κ1) is 20.1. The normalized spacial score (nSPS) is 18.3. The average molecular weight is 419 g/mol. The Morgan fingerprint density at radius 2 is 1.76 bits per heavy atom. The van der Waals surface area contributed by atoms with Gasteiger partial charge in [-0.1, -0.05) is 6.07 Å². The molecule has 9 heteroatoms. The number of aryl methyl sites for hydroxylation is 2. The molecule has 2 aliphatic heterocycles. The Labute approximate surface area is 170 Å². The third-order valence-corrected chi connectivity index (χ3v) is 7.62. The van der Waals surface area contributed by atoms with Crippen molar-refractivity contribution >= 4 is 16.0 Å². The summed E-state index contributed by atoms with van der Waals surface area (Å²) in [4.78, 5) is 22.5. The lowest BCUT2D eigenvalue weighted by Crippen LogP contribution is -2.38. The lowest BCUT2D eigenvalue weighted by molar-refractivity contribution is 0.122. The van der Waals surface area contributed by atoms with Gasteiger partial charge in [-0.2, -0.15) is 4.31 Å². The number of ether oxygens (including phenoxy) is 1. The summed E-state index contributed by atoms with van der Waals surface area (Å²) in [6.07, 6.45) is 0.770. The number of benzene rings is 1. The maximum Gasteiger partial charge on any atom is 0.255 e. The van der Waals surface area contributed by atoms with Crippen LogP contribution in [0.3, 0.4) is 0 Å². The number of aromatic nitrogens is 2. The van der Waals surface area contributed by atoms with Crippen LogP contribution in [-0.4, -0.2) is 62.1 Å². The zero-order chi connectivity index (χ0) is 20.6. The predicted molar refractivity (Wildman–Crippen MR) is 110 cm³/mol. The molecular formula is C20H26N4O4S. The van der Waals surface area contributed by atoms with Gasteiger partial charge in [0.15, 0.2) is 0 Å². The Kier molecular flexibility index (Phi) is 5.46. The Morgan fingerprint density at radius 3 is 2.48 bits per heavy atom. The molecule has 8 nitrogen and oxygen atoms in total. The van der Waals surface area contributed by atoms with Crippen molar-refractivity contribution in [3.05, 3.63) is 50.9 Å². The van der Waals surface area contributed by atoms with Crippen LogP contribution in [0.15, 0.2) is 27.9 Å². The van der Waals surface area contributed by atoms with Gasteiger partial charge in [-0.05, 0) is 43.5 Å². The van der Waals surface area contributed by atoms with Gasteiger partial charge in [0.1, 0.15) is 0 Å². The molecule has 4 rings (SSSR count). The molecular weight excluding hydrogens is 392 g/mol. The Hall–Kier alpha value is -2.23.